The van der Waals surface area contributed by atoms with Crippen LogP contribution in [-0.2, 0) is 0 Å². The number of carbonyl (C=O) groups is 2. The maximum Gasteiger partial charge on any atom is 0.337 e. The lowest BCUT2D eigenvalue weighted by atomic mass is 10.1. The highest BCUT2D eigenvalue weighted by atomic mass is 16.5. The van der Waals surface area contributed by atoms with E-state index in [1.54, 1.807) is 66.7 Å². The number of aromatic nitrogens is 4. The molecule has 0 bridgehead atoms. The molecule has 4 rings (SSSR count). The van der Waals surface area contributed by atoms with Gasteiger partial charge in [-0.15, -0.1) is 5.10 Å². The van der Waals surface area contributed by atoms with E-state index in [0.717, 1.165) is 0 Å². The highest BCUT2D eigenvalue weighted by Crippen LogP contribution is 2.39. The molecule has 11 heteroatoms. The Morgan fingerprint density at radius 1 is 0.919 bits per heavy atom. The quantitative estimate of drug-likeness (QED) is 0.354. The van der Waals surface area contributed by atoms with Gasteiger partial charge in [0.1, 0.15) is 0 Å². The number of carbonyl (C=O) groups excluding carboxylic acids is 1. The van der Waals surface area contributed by atoms with Crippen LogP contribution >= 0.6 is 0 Å². The van der Waals surface area contributed by atoms with Gasteiger partial charge < -0.3 is 24.6 Å². The molecule has 0 aliphatic rings. The Hall–Kier alpha value is -5.19. The van der Waals surface area contributed by atoms with Gasteiger partial charge in [-0.3, -0.25) is 4.79 Å². The SMILES string of the molecule is COc1cc(/C=C(\NC(=O)c2ccccc2)c2nnnn2-c2ccccc2C(=O)O)cc(OC)c1OC. The molecule has 11 nitrogen and oxygen atoms in total. The number of aromatic carboxylic acids is 1. The van der Waals surface area contributed by atoms with E-state index in [9.17, 15) is 14.7 Å². The first-order chi connectivity index (χ1) is 18.0. The number of rotatable bonds is 9. The molecular formula is C26H23N5O6. The average molecular weight is 501 g/mol. The minimum atomic E-state index is -1.15. The molecular weight excluding hydrogens is 478 g/mol. The standard InChI is InChI=1S/C26H23N5O6/c1-35-21-14-16(15-22(36-2)23(21)37-3)13-19(27-25(32)17-9-5-4-6-10-17)24-28-29-30-31(24)20-12-8-7-11-18(20)26(33)34/h4-15H,1-3H3,(H,27,32)(H,33,34)/b19-13-. The molecule has 0 saturated heterocycles. The third-order valence-electron chi connectivity index (χ3n) is 5.36. The van der Waals surface area contributed by atoms with Crippen LogP contribution in [0.3, 0.4) is 0 Å². The molecule has 188 valence electrons. The molecule has 0 aliphatic heterocycles. The van der Waals surface area contributed by atoms with Crippen LogP contribution in [0.1, 0.15) is 32.1 Å². The van der Waals surface area contributed by atoms with Crippen LogP contribution in [0.15, 0.2) is 66.7 Å². The van der Waals surface area contributed by atoms with E-state index in [2.05, 4.69) is 20.8 Å². The monoisotopic (exact) mass is 501 g/mol. The lowest BCUT2D eigenvalue weighted by Crippen LogP contribution is -2.24. The molecule has 0 radical (unpaired) electrons. The summed E-state index contributed by atoms with van der Waals surface area (Å²) in [7, 11) is 4.48. The minimum absolute atomic E-state index is 0.0161. The van der Waals surface area contributed by atoms with Crippen molar-refractivity contribution in [2.75, 3.05) is 21.3 Å². The zero-order valence-corrected chi connectivity index (χ0v) is 20.2. The molecule has 0 unspecified atom stereocenters. The van der Waals surface area contributed by atoms with Gasteiger partial charge in [0.2, 0.25) is 11.6 Å². The molecule has 0 aliphatic carbocycles. The van der Waals surface area contributed by atoms with E-state index in [1.807, 2.05) is 0 Å². The van der Waals surface area contributed by atoms with Gasteiger partial charge in [-0.05, 0) is 58.5 Å². The molecule has 0 spiro atoms. The number of hydrogen-bond acceptors (Lipinski definition) is 8. The fourth-order valence-corrected chi connectivity index (χ4v) is 3.65. The number of amides is 1. The van der Waals surface area contributed by atoms with Crippen molar-refractivity contribution in [2.24, 2.45) is 0 Å². The Balaban J connectivity index is 1.89. The smallest absolute Gasteiger partial charge is 0.337 e. The Morgan fingerprint density at radius 2 is 1.57 bits per heavy atom. The largest absolute Gasteiger partial charge is 0.493 e. The summed E-state index contributed by atoms with van der Waals surface area (Å²) in [6.07, 6.45) is 1.62. The molecule has 0 saturated carbocycles. The van der Waals surface area contributed by atoms with Crippen molar-refractivity contribution in [1.82, 2.24) is 25.5 Å². The first kappa shape index (κ1) is 24.9. The zero-order valence-electron chi connectivity index (χ0n) is 20.2. The number of ether oxygens (including phenoxy) is 3. The fourth-order valence-electron chi connectivity index (χ4n) is 3.65. The summed E-state index contributed by atoms with van der Waals surface area (Å²) >= 11 is 0. The van der Waals surface area contributed by atoms with Crippen molar-refractivity contribution in [1.29, 1.82) is 0 Å². The minimum Gasteiger partial charge on any atom is -0.493 e. The first-order valence-corrected chi connectivity index (χ1v) is 11.0. The van der Waals surface area contributed by atoms with Crippen LogP contribution in [-0.4, -0.2) is 58.5 Å². The Morgan fingerprint density at radius 3 is 2.19 bits per heavy atom. The van der Waals surface area contributed by atoms with Crippen LogP contribution in [0.5, 0.6) is 17.2 Å². The molecule has 1 aromatic heterocycles. The summed E-state index contributed by atoms with van der Waals surface area (Å²) in [6, 6.07) is 18.3. The van der Waals surface area contributed by atoms with Crippen molar-refractivity contribution in [3.63, 3.8) is 0 Å². The van der Waals surface area contributed by atoms with Gasteiger partial charge in [0.05, 0.1) is 38.3 Å². The highest BCUT2D eigenvalue weighted by molar-refractivity contribution is 6.01. The van der Waals surface area contributed by atoms with Crippen molar-refractivity contribution < 1.29 is 28.9 Å². The first-order valence-electron chi connectivity index (χ1n) is 11.0. The van der Waals surface area contributed by atoms with Crippen molar-refractivity contribution in [2.45, 2.75) is 0 Å². The van der Waals surface area contributed by atoms with E-state index in [4.69, 9.17) is 14.2 Å². The van der Waals surface area contributed by atoms with Crippen LogP contribution in [0.2, 0.25) is 0 Å². The summed E-state index contributed by atoms with van der Waals surface area (Å²) in [4.78, 5) is 25.0. The van der Waals surface area contributed by atoms with E-state index in [1.165, 1.54) is 32.1 Å². The summed E-state index contributed by atoms with van der Waals surface area (Å²) in [5, 5.41) is 24.4. The van der Waals surface area contributed by atoms with Crippen molar-refractivity contribution in [3.8, 4) is 22.9 Å². The van der Waals surface area contributed by atoms with Crippen LogP contribution in [0, 0.1) is 0 Å². The molecule has 1 heterocycles. The van der Waals surface area contributed by atoms with Crippen molar-refractivity contribution >= 4 is 23.6 Å². The molecule has 4 aromatic rings. The predicted molar refractivity (Wildman–Crippen MR) is 134 cm³/mol. The topological polar surface area (TPSA) is 138 Å². The summed E-state index contributed by atoms with van der Waals surface area (Å²) < 4.78 is 17.5. The molecule has 1 amide bonds. The summed E-state index contributed by atoms with van der Waals surface area (Å²) in [5.74, 6) is -0.264. The molecule has 0 fully saturated rings. The van der Waals surface area contributed by atoms with Gasteiger partial charge in [-0.2, -0.15) is 4.68 Å². The lowest BCUT2D eigenvalue weighted by Gasteiger charge is -2.15. The van der Waals surface area contributed by atoms with Gasteiger partial charge in [0, 0.05) is 5.56 Å². The maximum absolute atomic E-state index is 13.1. The number of carboxylic acid groups (broad SMARTS) is 1. The van der Waals surface area contributed by atoms with Gasteiger partial charge >= 0.3 is 5.97 Å². The van der Waals surface area contributed by atoms with Crippen LogP contribution < -0.4 is 19.5 Å². The molecule has 37 heavy (non-hydrogen) atoms. The summed E-state index contributed by atoms with van der Waals surface area (Å²) in [6.45, 7) is 0. The predicted octanol–water partition coefficient (Wildman–Crippen LogP) is 3.31. The maximum atomic E-state index is 13.1. The van der Waals surface area contributed by atoms with Gasteiger partial charge in [0.15, 0.2) is 11.5 Å². The molecule has 0 atom stereocenters. The second-order valence-corrected chi connectivity index (χ2v) is 7.57. The number of benzene rings is 3. The van der Waals surface area contributed by atoms with Crippen molar-refractivity contribution in [3.05, 3.63) is 89.2 Å². The summed E-state index contributed by atoms with van der Waals surface area (Å²) in [5.41, 5.74) is 1.38. The second kappa shape index (κ2) is 11.0. The molecule has 3 aromatic carbocycles. The number of methoxy groups -OCH3 is 3. The highest BCUT2D eigenvalue weighted by Gasteiger charge is 2.21. The zero-order chi connectivity index (χ0) is 26.4. The van der Waals surface area contributed by atoms with E-state index in [0.29, 0.717) is 28.4 Å². The third-order valence-corrected chi connectivity index (χ3v) is 5.36. The normalized spacial score (nSPS) is 11.1. The number of carboxylic acids is 1. The Labute approximate surface area is 211 Å². The van der Waals surface area contributed by atoms with E-state index < -0.39 is 11.9 Å². The third kappa shape index (κ3) is 5.25. The van der Waals surface area contributed by atoms with Gasteiger partial charge in [-0.1, -0.05) is 30.3 Å². The van der Waals surface area contributed by atoms with Crippen LogP contribution in [0.25, 0.3) is 17.5 Å². The second-order valence-electron chi connectivity index (χ2n) is 7.57. The van der Waals surface area contributed by atoms with Crippen LogP contribution in [0.4, 0.5) is 0 Å². The van der Waals surface area contributed by atoms with E-state index >= 15 is 0 Å². The average Bonchev–Trinajstić information content (AvgIpc) is 3.42. The number of hydrogen-bond donors (Lipinski definition) is 2. The fraction of sp³-hybridized carbons (Fsp3) is 0.115. The number of nitrogens with one attached hydrogen (secondary N) is 1. The Bertz CT molecular complexity index is 1440. The van der Waals surface area contributed by atoms with Gasteiger partial charge in [0.25, 0.3) is 5.91 Å². The van der Waals surface area contributed by atoms with E-state index in [-0.39, 0.29) is 22.8 Å². The number of nitrogens with zero attached hydrogens (tertiary/aromatic N) is 4. The number of para-hydroxylation sites is 1. The Kier molecular flexibility index (Phi) is 7.43. The number of tetrazole rings is 1. The molecule has 2 N–H and O–H groups in total. The van der Waals surface area contributed by atoms with Gasteiger partial charge in [-0.25, -0.2) is 4.79 Å². The lowest BCUT2D eigenvalue weighted by molar-refractivity contribution is 0.0696.